The normalized spacial score (nSPS) is 23.6. The maximum atomic E-state index is 13.3. The maximum absolute atomic E-state index is 13.3. The Morgan fingerprint density at radius 1 is 0.407 bits per heavy atom. The predicted molar refractivity (Wildman–Crippen MR) is 351 cm³/mol. The Bertz CT molecular complexity index is 1580. The van der Waals surface area contributed by atoms with Gasteiger partial charge in [-0.25, -0.2) is 0 Å². The molecule has 0 radical (unpaired) electrons. The van der Waals surface area contributed by atoms with Crippen LogP contribution in [0.5, 0.6) is 0 Å². The molecule has 0 aromatic rings. The fourth-order valence-electron chi connectivity index (χ4n) is 12.0. The first-order valence-electron chi connectivity index (χ1n) is 36.2. The minimum absolute atomic E-state index is 0.247. The molecular formula is C72H135NO13. The molecule has 0 aromatic heterocycles. The molecule has 9 N–H and O–H groups in total. The number of nitrogens with one attached hydrogen (secondary N) is 1. The summed E-state index contributed by atoms with van der Waals surface area (Å²) in [5.74, 6) is -0.247. The molecule has 14 heteroatoms. The molecule has 2 heterocycles. The predicted octanol–water partition coefficient (Wildman–Crippen LogP) is 14.9. The molecule has 0 bridgehead atoms. The Hall–Kier alpha value is -1.79. The minimum atomic E-state index is -1.79. The second kappa shape index (κ2) is 57.1. The maximum Gasteiger partial charge on any atom is 0.220 e. The van der Waals surface area contributed by atoms with E-state index in [-0.39, 0.29) is 18.9 Å². The number of allylic oxidation sites excluding steroid dienone is 5. The van der Waals surface area contributed by atoms with Gasteiger partial charge in [-0.2, -0.15) is 0 Å². The molecule has 0 spiro atoms. The summed E-state index contributed by atoms with van der Waals surface area (Å²) >= 11 is 0. The van der Waals surface area contributed by atoms with Crippen LogP contribution in [0.15, 0.2) is 36.5 Å². The van der Waals surface area contributed by atoms with Gasteiger partial charge in [0.2, 0.25) is 5.91 Å². The molecule has 2 saturated heterocycles. The number of hydrogen-bond acceptors (Lipinski definition) is 13. The number of hydrogen-bond donors (Lipinski definition) is 9. The van der Waals surface area contributed by atoms with Crippen LogP contribution in [0.25, 0.3) is 0 Å². The minimum Gasteiger partial charge on any atom is -0.394 e. The number of ether oxygens (including phenoxy) is 4. The zero-order valence-corrected chi connectivity index (χ0v) is 55.1. The van der Waals surface area contributed by atoms with E-state index >= 15 is 0 Å². The van der Waals surface area contributed by atoms with E-state index in [1.807, 2.05) is 6.08 Å². The van der Waals surface area contributed by atoms with E-state index < -0.39 is 86.8 Å². The number of carbonyl (C=O) groups is 1. The average Bonchev–Trinajstić information content (AvgIpc) is 2.54. The lowest BCUT2D eigenvalue weighted by atomic mass is 9.97. The number of rotatable bonds is 60. The molecule has 0 aromatic carbocycles. The second-order valence-corrected chi connectivity index (χ2v) is 25.7. The summed E-state index contributed by atoms with van der Waals surface area (Å²) in [6.45, 7) is 2.83. The van der Waals surface area contributed by atoms with Crippen molar-refractivity contribution in [3.05, 3.63) is 36.5 Å². The van der Waals surface area contributed by atoms with Crippen molar-refractivity contribution in [1.29, 1.82) is 0 Å². The number of aliphatic hydroxyl groups is 8. The first-order valence-corrected chi connectivity index (χ1v) is 36.2. The molecule has 0 aliphatic carbocycles. The smallest absolute Gasteiger partial charge is 0.220 e. The highest BCUT2D eigenvalue weighted by Gasteiger charge is 2.51. The van der Waals surface area contributed by atoms with E-state index in [0.717, 1.165) is 32.1 Å². The van der Waals surface area contributed by atoms with E-state index in [1.165, 1.54) is 257 Å². The van der Waals surface area contributed by atoms with Gasteiger partial charge in [0.25, 0.3) is 0 Å². The number of aliphatic hydroxyl groups excluding tert-OH is 8. The largest absolute Gasteiger partial charge is 0.394 e. The van der Waals surface area contributed by atoms with Gasteiger partial charge in [0.15, 0.2) is 12.6 Å². The molecule has 2 aliphatic heterocycles. The lowest BCUT2D eigenvalue weighted by molar-refractivity contribution is -0.359. The van der Waals surface area contributed by atoms with Gasteiger partial charge in [0.1, 0.15) is 48.8 Å². The van der Waals surface area contributed by atoms with Crippen molar-refractivity contribution in [3.63, 3.8) is 0 Å². The van der Waals surface area contributed by atoms with E-state index in [9.17, 15) is 45.6 Å². The zero-order chi connectivity index (χ0) is 62.3. The molecule has 12 unspecified atom stereocenters. The lowest BCUT2D eigenvalue weighted by Crippen LogP contribution is -2.65. The second-order valence-electron chi connectivity index (χ2n) is 25.7. The Balaban J connectivity index is 1.68. The quantitative estimate of drug-likeness (QED) is 0.0204. The van der Waals surface area contributed by atoms with Crippen molar-refractivity contribution in [2.45, 2.75) is 396 Å². The SMILES string of the molecule is CCCCCCCCCC/C=C\CCCCCCCCCCCC(=O)NC(COC1OC(CO)C(OC2OC(CO)C(O)C(O)C2O)C(O)C1O)C(O)/C=C/CC/C=C/CCCCCCCCCCCCCCCCCCCCCCCCCCC. The third kappa shape index (κ3) is 40.8. The standard InChI is InChI=1S/C72H135NO13/c1-3-5-7-9-11-13-15-17-19-21-23-25-26-27-28-29-30-31-32-33-34-36-37-39-41-43-45-47-49-51-53-55-61(76)60(59-83-71-69(82)67(80)70(63(58-75)85-71)86-72-68(81)66(79)65(78)62(57-74)84-72)73-64(77)56-54-52-50-48-46-44-42-40-38-35-24-22-20-18-16-14-12-10-8-6-4-2/h22,24,45,47,53,55,60-63,65-72,74-76,78-82H,3-21,23,25-44,46,48-52,54,56-59H2,1-2H3,(H,73,77)/b24-22-,47-45+,55-53+. The van der Waals surface area contributed by atoms with Crippen molar-refractivity contribution in [1.82, 2.24) is 5.32 Å². The number of carbonyl (C=O) groups excluding carboxylic acids is 1. The fourth-order valence-corrected chi connectivity index (χ4v) is 12.0. The Morgan fingerprint density at radius 2 is 0.744 bits per heavy atom. The van der Waals surface area contributed by atoms with Crippen LogP contribution in [0.1, 0.15) is 322 Å². The molecule has 0 saturated carbocycles. The summed E-state index contributed by atoms with van der Waals surface area (Å²) in [6.07, 6.45) is 56.4. The lowest BCUT2D eigenvalue weighted by Gasteiger charge is -2.46. The highest BCUT2D eigenvalue weighted by molar-refractivity contribution is 5.76. The van der Waals surface area contributed by atoms with Crippen LogP contribution in [0.4, 0.5) is 0 Å². The van der Waals surface area contributed by atoms with Crippen molar-refractivity contribution in [3.8, 4) is 0 Å². The van der Waals surface area contributed by atoms with Gasteiger partial charge < -0.3 is 65.1 Å². The topological polar surface area (TPSA) is 228 Å². The van der Waals surface area contributed by atoms with Crippen molar-refractivity contribution in [2.24, 2.45) is 0 Å². The molecule has 2 aliphatic rings. The zero-order valence-electron chi connectivity index (χ0n) is 55.1. The molecule has 86 heavy (non-hydrogen) atoms. The van der Waals surface area contributed by atoms with Gasteiger partial charge >= 0.3 is 0 Å². The van der Waals surface area contributed by atoms with Crippen LogP contribution in [-0.4, -0.2) is 140 Å². The van der Waals surface area contributed by atoms with Gasteiger partial charge in [-0.05, 0) is 57.8 Å². The number of amides is 1. The third-order valence-electron chi connectivity index (χ3n) is 17.8. The van der Waals surface area contributed by atoms with Crippen molar-refractivity contribution >= 4 is 5.91 Å². The van der Waals surface area contributed by atoms with Crippen LogP contribution in [0, 0.1) is 0 Å². The van der Waals surface area contributed by atoms with Gasteiger partial charge in [-0.1, -0.05) is 294 Å². The summed E-state index contributed by atoms with van der Waals surface area (Å²) in [5.41, 5.74) is 0. The summed E-state index contributed by atoms with van der Waals surface area (Å²) in [5, 5.41) is 87.4. The average molecular weight is 1220 g/mol. The Morgan fingerprint density at radius 3 is 1.14 bits per heavy atom. The first-order chi connectivity index (χ1) is 42.1. The summed E-state index contributed by atoms with van der Waals surface area (Å²) in [7, 11) is 0. The summed E-state index contributed by atoms with van der Waals surface area (Å²) < 4.78 is 22.8. The van der Waals surface area contributed by atoms with Gasteiger partial charge in [-0.15, -0.1) is 0 Å². The van der Waals surface area contributed by atoms with Crippen LogP contribution in [0.2, 0.25) is 0 Å². The third-order valence-corrected chi connectivity index (χ3v) is 17.8. The van der Waals surface area contributed by atoms with Crippen LogP contribution in [-0.2, 0) is 23.7 Å². The highest BCUT2D eigenvalue weighted by atomic mass is 16.7. The number of unbranched alkanes of at least 4 members (excludes halogenated alkanes) is 43. The Kier molecular flexibility index (Phi) is 53.4. The van der Waals surface area contributed by atoms with Crippen LogP contribution >= 0.6 is 0 Å². The first kappa shape index (κ1) is 80.3. The van der Waals surface area contributed by atoms with E-state index in [2.05, 4.69) is 43.5 Å². The van der Waals surface area contributed by atoms with E-state index in [0.29, 0.717) is 12.8 Å². The van der Waals surface area contributed by atoms with Crippen LogP contribution < -0.4 is 5.32 Å². The molecule has 12 atom stereocenters. The van der Waals surface area contributed by atoms with E-state index in [1.54, 1.807) is 6.08 Å². The van der Waals surface area contributed by atoms with Gasteiger partial charge in [0.05, 0.1) is 32.0 Å². The molecule has 2 fully saturated rings. The molecule has 506 valence electrons. The van der Waals surface area contributed by atoms with Gasteiger partial charge in [0, 0.05) is 6.42 Å². The monoisotopic (exact) mass is 1220 g/mol. The van der Waals surface area contributed by atoms with Crippen molar-refractivity contribution < 1.29 is 64.6 Å². The fraction of sp³-hybridized carbons (Fsp3) is 0.903. The summed E-state index contributed by atoms with van der Waals surface area (Å²) in [4.78, 5) is 13.3. The molecule has 14 nitrogen and oxygen atoms in total. The van der Waals surface area contributed by atoms with Crippen molar-refractivity contribution in [2.75, 3.05) is 19.8 Å². The van der Waals surface area contributed by atoms with Crippen LogP contribution in [0.3, 0.4) is 0 Å². The van der Waals surface area contributed by atoms with E-state index in [4.69, 9.17) is 18.9 Å². The molecule has 1 amide bonds. The highest BCUT2D eigenvalue weighted by Crippen LogP contribution is 2.30. The molecular weight excluding hydrogens is 1090 g/mol. The summed E-state index contributed by atoms with van der Waals surface area (Å²) in [6, 6.07) is -0.933. The Labute approximate surface area is 525 Å². The van der Waals surface area contributed by atoms with Gasteiger partial charge in [-0.3, -0.25) is 4.79 Å². The molecule has 2 rings (SSSR count).